The maximum Gasteiger partial charge on any atom is 0.230 e. The number of halogens is 2. The van der Waals surface area contributed by atoms with Crippen molar-refractivity contribution in [2.75, 3.05) is 0 Å². The summed E-state index contributed by atoms with van der Waals surface area (Å²) in [5, 5.41) is 7.53. The number of hydrogen-bond donors (Lipinski definition) is 2. The monoisotopic (exact) mass is 323 g/mol. The minimum atomic E-state index is -0.513. The molecule has 0 aliphatic rings. The first-order chi connectivity index (χ1) is 8.99. The Bertz CT molecular complexity index is 646. The van der Waals surface area contributed by atoms with Gasteiger partial charge >= 0.3 is 0 Å². The molecule has 6 heteroatoms. The second kappa shape index (κ2) is 5.36. The SMILES string of the molecule is Cc1ccnc(Oc2cc(Br)ccc2F)c1C(=N)N. The molecule has 2 rings (SSSR count). The lowest BCUT2D eigenvalue weighted by molar-refractivity contribution is 0.426. The number of nitrogens with two attached hydrogens (primary N) is 1. The van der Waals surface area contributed by atoms with Gasteiger partial charge in [0.15, 0.2) is 11.6 Å². The highest BCUT2D eigenvalue weighted by atomic mass is 79.9. The van der Waals surface area contributed by atoms with Crippen molar-refractivity contribution in [2.24, 2.45) is 5.73 Å². The number of rotatable bonds is 3. The van der Waals surface area contributed by atoms with Crippen molar-refractivity contribution in [3.05, 3.63) is 51.9 Å². The van der Waals surface area contributed by atoms with E-state index in [0.29, 0.717) is 10.0 Å². The second-order valence-corrected chi connectivity index (χ2v) is 4.81. The molecule has 0 spiro atoms. The van der Waals surface area contributed by atoms with Crippen LogP contribution >= 0.6 is 15.9 Å². The van der Waals surface area contributed by atoms with Crippen LogP contribution in [0.2, 0.25) is 0 Å². The Hall–Kier alpha value is -1.95. The number of aromatic nitrogens is 1. The van der Waals surface area contributed by atoms with E-state index in [1.54, 1.807) is 19.1 Å². The van der Waals surface area contributed by atoms with E-state index >= 15 is 0 Å². The highest BCUT2D eigenvalue weighted by Crippen LogP contribution is 2.29. The number of benzene rings is 1. The predicted octanol–water partition coefficient (Wildman–Crippen LogP) is 3.37. The molecule has 3 N–H and O–H groups in total. The van der Waals surface area contributed by atoms with E-state index < -0.39 is 5.82 Å². The van der Waals surface area contributed by atoms with Gasteiger partial charge in [-0.1, -0.05) is 15.9 Å². The summed E-state index contributed by atoms with van der Waals surface area (Å²) in [4.78, 5) is 4.00. The Labute approximate surface area is 118 Å². The Morgan fingerprint density at radius 3 is 2.84 bits per heavy atom. The van der Waals surface area contributed by atoms with Crippen LogP contribution in [0.1, 0.15) is 11.1 Å². The fourth-order valence-electron chi connectivity index (χ4n) is 1.60. The Balaban J connectivity index is 2.46. The molecule has 4 nitrogen and oxygen atoms in total. The number of nitrogen functional groups attached to an aromatic ring is 1. The fraction of sp³-hybridized carbons (Fsp3) is 0.0769. The van der Waals surface area contributed by atoms with Gasteiger partial charge in [0.1, 0.15) is 5.84 Å². The lowest BCUT2D eigenvalue weighted by Gasteiger charge is -2.11. The third-order valence-corrected chi connectivity index (χ3v) is 2.99. The zero-order chi connectivity index (χ0) is 14.0. The van der Waals surface area contributed by atoms with Crippen molar-refractivity contribution in [1.82, 2.24) is 4.98 Å². The van der Waals surface area contributed by atoms with Crippen LogP contribution in [0.15, 0.2) is 34.9 Å². The predicted molar refractivity (Wildman–Crippen MR) is 74.2 cm³/mol. The van der Waals surface area contributed by atoms with E-state index in [2.05, 4.69) is 20.9 Å². The summed E-state index contributed by atoms with van der Waals surface area (Å²) in [6.45, 7) is 1.78. The summed E-state index contributed by atoms with van der Waals surface area (Å²) in [5.74, 6) is -0.545. The van der Waals surface area contributed by atoms with Gasteiger partial charge < -0.3 is 10.5 Å². The van der Waals surface area contributed by atoms with E-state index in [1.807, 2.05) is 0 Å². The Morgan fingerprint density at radius 2 is 2.16 bits per heavy atom. The molecule has 0 unspecified atom stereocenters. The average Bonchev–Trinajstić information content (AvgIpc) is 2.33. The number of aryl methyl sites for hydroxylation is 1. The Morgan fingerprint density at radius 1 is 1.42 bits per heavy atom. The van der Waals surface area contributed by atoms with Gasteiger partial charge in [0, 0.05) is 10.7 Å². The molecule has 0 atom stereocenters. The first kappa shape index (κ1) is 13.5. The number of amidine groups is 1. The van der Waals surface area contributed by atoms with Gasteiger partial charge in [-0.05, 0) is 36.8 Å². The normalized spacial score (nSPS) is 10.3. The molecular formula is C13H11BrFN3O. The Kier molecular flexibility index (Phi) is 3.80. The largest absolute Gasteiger partial charge is 0.435 e. The zero-order valence-electron chi connectivity index (χ0n) is 10.1. The molecule has 19 heavy (non-hydrogen) atoms. The number of nitrogens with zero attached hydrogens (tertiary/aromatic N) is 1. The van der Waals surface area contributed by atoms with Crippen molar-refractivity contribution >= 4 is 21.8 Å². The topological polar surface area (TPSA) is 72.0 Å². The number of nitrogens with one attached hydrogen (secondary N) is 1. The van der Waals surface area contributed by atoms with Gasteiger partial charge in [-0.3, -0.25) is 5.41 Å². The first-order valence-electron chi connectivity index (χ1n) is 5.42. The maximum atomic E-state index is 13.6. The lowest BCUT2D eigenvalue weighted by Crippen LogP contribution is -2.15. The molecule has 0 saturated carbocycles. The minimum absolute atomic E-state index is 0.0231. The molecule has 0 radical (unpaired) electrons. The van der Waals surface area contributed by atoms with Crippen molar-refractivity contribution in [2.45, 2.75) is 6.92 Å². The molecule has 98 valence electrons. The summed E-state index contributed by atoms with van der Waals surface area (Å²) in [5.41, 5.74) is 6.60. The molecule has 1 heterocycles. The molecule has 0 aliphatic heterocycles. The number of hydrogen-bond acceptors (Lipinski definition) is 3. The highest BCUT2D eigenvalue weighted by Gasteiger charge is 2.14. The van der Waals surface area contributed by atoms with Crippen LogP contribution in [0.5, 0.6) is 11.6 Å². The van der Waals surface area contributed by atoms with Crippen molar-refractivity contribution in [3.63, 3.8) is 0 Å². The molecule has 0 aliphatic carbocycles. The van der Waals surface area contributed by atoms with E-state index in [-0.39, 0.29) is 17.5 Å². The van der Waals surface area contributed by atoms with E-state index in [4.69, 9.17) is 15.9 Å². The standard InChI is InChI=1S/C13H11BrFN3O/c1-7-4-5-18-13(11(7)12(16)17)19-10-6-8(14)2-3-9(10)15/h2-6H,1H3,(H3,16,17). The molecular weight excluding hydrogens is 313 g/mol. The van der Waals surface area contributed by atoms with Crippen molar-refractivity contribution < 1.29 is 9.13 Å². The van der Waals surface area contributed by atoms with Gasteiger partial charge in [-0.15, -0.1) is 0 Å². The minimum Gasteiger partial charge on any atom is -0.435 e. The van der Waals surface area contributed by atoms with Crippen LogP contribution in [0.3, 0.4) is 0 Å². The van der Waals surface area contributed by atoms with Crippen molar-refractivity contribution in [3.8, 4) is 11.6 Å². The van der Waals surface area contributed by atoms with E-state index in [0.717, 1.165) is 5.56 Å². The van der Waals surface area contributed by atoms with E-state index in [1.165, 1.54) is 18.3 Å². The third-order valence-electron chi connectivity index (χ3n) is 2.49. The van der Waals surface area contributed by atoms with E-state index in [9.17, 15) is 4.39 Å². The van der Waals surface area contributed by atoms with Gasteiger partial charge in [0.05, 0.1) is 5.56 Å². The molecule has 2 aromatic rings. The first-order valence-corrected chi connectivity index (χ1v) is 6.21. The summed E-state index contributed by atoms with van der Waals surface area (Å²) in [7, 11) is 0. The van der Waals surface area contributed by atoms with Crippen LogP contribution in [-0.2, 0) is 0 Å². The van der Waals surface area contributed by atoms with Gasteiger partial charge in [0.25, 0.3) is 0 Å². The number of ether oxygens (including phenoxy) is 1. The van der Waals surface area contributed by atoms with Crippen LogP contribution in [0.4, 0.5) is 4.39 Å². The second-order valence-electron chi connectivity index (χ2n) is 3.90. The summed E-state index contributed by atoms with van der Waals surface area (Å²) in [6, 6.07) is 6.05. The average molecular weight is 324 g/mol. The molecule has 0 bridgehead atoms. The van der Waals surface area contributed by atoms with Crippen LogP contribution in [0, 0.1) is 18.2 Å². The zero-order valence-corrected chi connectivity index (χ0v) is 11.7. The van der Waals surface area contributed by atoms with Crippen LogP contribution < -0.4 is 10.5 Å². The summed E-state index contributed by atoms with van der Waals surface area (Å²) < 4.78 is 19.7. The van der Waals surface area contributed by atoms with Gasteiger partial charge in [-0.2, -0.15) is 0 Å². The molecule has 1 aromatic heterocycles. The highest BCUT2D eigenvalue weighted by molar-refractivity contribution is 9.10. The molecule has 0 amide bonds. The molecule has 1 aromatic carbocycles. The number of pyridine rings is 1. The smallest absolute Gasteiger partial charge is 0.230 e. The quantitative estimate of drug-likeness (QED) is 0.672. The van der Waals surface area contributed by atoms with Gasteiger partial charge in [-0.25, -0.2) is 9.37 Å². The third kappa shape index (κ3) is 2.90. The van der Waals surface area contributed by atoms with Gasteiger partial charge in [0.2, 0.25) is 5.88 Å². The maximum absolute atomic E-state index is 13.6. The lowest BCUT2D eigenvalue weighted by atomic mass is 10.1. The molecule has 0 saturated heterocycles. The van der Waals surface area contributed by atoms with Crippen LogP contribution in [0.25, 0.3) is 0 Å². The van der Waals surface area contributed by atoms with Crippen molar-refractivity contribution in [1.29, 1.82) is 5.41 Å². The fourth-order valence-corrected chi connectivity index (χ4v) is 1.94. The van der Waals surface area contributed by atoms with Crippen LogP contribution in [-0.4, -0.2) is 10.8 Å². The summed E-state index contributed by atoms with van der Waals surface area (Å²) in [6.07, 6.45) is 1.52. The summed E-state index contributed by atoms with van der Waals surface area (Å²) >= 11 is 3.24. The molecule has 0 fully saturated rings.